The van der Waals surface area contributed by atoms with Crippen molar-refractivity contribution in [3.05, 3.63) is 51.5 Å². The third-order valence-electron chi connectivity index (χ3n) is 2.39. The van der Waals surface area contributed by atoms with Crippen LogP contribution >= 0.6 is 11.3 Å². The van der Waals surface area contributed by atoms with Crippen LogP contribution < -0.4 is 4.74 Å². The number of halogens is 1. The van der Waals surface area contributed by atoms with Gasteiger partial charge < -0.3 is 9.84 Å². The van der Waals surface area contributed by atoms with Crippen molar-refractivity contribution >= 4 is 17.3 Å². The molecule has 0 aliphatic heterocycles. The lowest BCUT2D eigenvalue weighted by molar-refractivity contribution is 0.0699. The van der Waals surface area contributed by atoms with Crippen molar-refractivity contribution in [1.29, 1.82) is 5.26 Å². The van der Waals surface area contributed by atoms with E-state index in [0.717, 1.165) is 17.4 Å². The summed E-state index contributed by atoms with van der Waals surface area (Å²) in [5.74, 6) is -1.69. The summed E-state index contributed by atoms with van der Waals surface area (Å²) in [5, 5.41) is 19.2. The number of rotatable bonds is 4. The molecule has 0 saturated carbocycles. The highest BCUT2D eigenvalue weighted by Crippen LogP contribution is 2.22. The van der Waals surface area contributed by atoms with E-state index in [2.05, 4.69) is 0 Å². The van der Waals surface area contributed by atoms with E-state index in [1.807, 2.05) is 6.07 Å². The quantitative estimate of drug-likeness (QED) is 0.932. The smallest absolute Gasteiger partial charge is 0.346 e. The molecule has 19 heavy (non-hydrogen) atoms. The van der Waals surface area contributed by atoms with E-state index in [-0.39, 0.29) is 22.8 Å². The Labute approximate surface area is 112 Å². The van der Waals surface area contributed by atoms with Crippen molar-refractivity contribution < 1.29 is 19.0 Å². The standard InChI is InChI=1S/C13H8FNO3S/c14-10-5-8(6-15)1-2-11(10)18-7-9-3-4-19-12(9)13(16)17/h1-5H,7H2,(H,16,17). The second-order valence-electron chi connectivity index (χ2n) is 3.63. The Balaban J connectivity index is 2.13. The van der Waals surface area contributed by atoms with Gasteiger partial charge in [-0.3, -0.25) is 0 Å². The van der Waals surface area contributed by atoms with Gasteiger partial charge in [0.25, 0.3) is 0 Å². The predicted octanol–water partition coefficient (Wildman–Crippen LogP) is 3.04. The van der Waals surface area contributed by atoms with Gasteiger partial charge in [-0.15, -0.1) is 11.3 Å². The molecule has 0 amide bonds. The molecule has 2 rings (SSSR count). The Hall–Kier alpha value is -2.39. The first-order valence-corrected chi connectivity index (χ1v) is 6.12. The van der Waals surface area contributed by atoms with Crippen molar-refractivity contribution in [3.8, 4) is 11.8 Å². The Morgan fingerprint density at radius 2 is 2.26 bits per heavy atom. The first-order valence-electron chi connectivity index (χ1n) is 5.24. The van der Waals surface area contributed by atoms with Crippen molar-refractivity contribution in [3.63, 3.8) is 0 Å². The number of aromatic carboxylic acids is 1. The molecular weight excluding hydrogens is 269 g/mol. The highest BCUT2D eigenvalue weighted by Gasteiger charge is 2.13. The Morgan fingerprint density at radius 1 is 1.47 bits per heavy atom. The average molecular weight is 277 g/mol. The number of hydrogen-bond donors (Lipinski definition) is 1. The molecule has 4 nitrogen and oxygen atoms in total. The molecule has 0 spiro atoms. The minimum Gasteiger partial charge on any atom is -0.486 e. The Kier molecular flexibility index (Phi) is 3.78. The first kappa shape index (κ1) is 13.1. The van der Waals surface area contributed by atoms with E-state index in [1.54, 1.807) is 11.4 Å². The number of ether oxygens (including phenoxy) is 1. The molecule has 0 atom stereocenters. The predicted molar refractivity (Wildman–Crippen MR) is 66.7 cm³/mol. The highest BCUT2D eigenvalue weighted by atomic mass is 32.1. The molecule has 0 unspecified atom stereocenters. The van der Waals surface area contributed by atoms with Gasteiger partial charge in [0.2, 0.25) is 0 Å². The molecule has 6 heteroatoms. The van der Waals surface area contributed by atoms with Gasteiger partial charge in [0.15, 0.2) is 11.6 Å². The average Bonchev–Trinajstić information content (AvgIpc) is 2.85. The number of carbonyl (C=O) groups is 1. The minimum atomic E-state index is -1.03. The third-order valence-corrected chi connectivity index (χ3v) is 3.33. The number of benzene rings is 1. The second kappa shape index (κ2) is 5.50. The molecule has 96 valence electrons. The number of thiophene rings is 1. The van der Waals surface area contributed by atoms with Gasteiger partial charge in [0, 0.05) is 5.56 Å². The van der Waals surface area contributed by atoms with Crippen molar-refractivity contribution in [2.45, 2.75) is 6.61 Å². The lowest BCUT2D eigenvalue weighted by Crippen LogP contribution is -2.02. The molecule has 0 radical (unpaired) electrons. The van der Waals surface area contributed by atoms with Gasteiger partial charge in [-0.05, 0) is 29.6 Å². The van der Waals surface area contributed by atoms with Crippen molar-refractivity contribution in [1.82, 2.24) is 0 Å². The summed E-state index contributed by atoms with van der Waals surface area (Å²) in [6.07, 6.45) is 0. The van der Waals surface area contributed by atoms with Crippen LogP contribution in [0.3, 0.4) is 0 Å². The zero-order valence-corrected chi connectivity index (χ0v) is 10.4. The summed E-state index contributed by atoms with van der Waals surface area (Å²) in [6, 6.07) is 7.29. The van der Waals surface area contributed by atoms with Crippen molar-refractivity contribution in [2.75, 3.05) is 0 Å². The maximum atomic E-state index is 13.5. The van der Waals surface area contributed by atoms with E-state index in [9.17, 15) is 9.18 Å². The minimum absolute atomic E-state index is 0.0125. The van der Waals surface area contributed by atoms with Gasteiger partial charge in [-0.2, -0.15) is 5.26 Å². The number of hydrogen-bond acceptors (Lipinski definition) is 4. The first-order chi connectivity index (χ1) is 9.11. The molecule has 0 saturated heterocycles. The number of carboxylic acid groups (broad SMARTS) is 1. The number of nitrogens with zero attached hydrogens (tertiary/aromatic N) is 1. The largest absolute Gasteiger partial charge is 0.486 e. The summed E-state index contributed by atoms with van der Waals surface area (Å²) in [4.78, 5) is 11.1. The molecule has 0 fully saturated rings. The van der Waals surface area contributed by atoms with Crippen LogP contribution in [0, 0.1) is 17.1 Å². The summed E-state index contributed by atoms with van der Waals surface area (Å²) < 4.78 is 18.8. The molecule has 0 bridgehead atoms. The van der Waals surface area contributed by atoms with Crippen molar-refractivity contribution in [2.24, 2.45) is 0 Å². The fraction of sp³-hybridized carbons (Fsp3) is 0.0769. The van der Waals surface area contributed by atoms with Crippen LogP contribution in [0.25, 0.3) is 0 Å². The molecule has 1 aromatic carbocycles. The topological polar surface area (TPSA) is 70.3 Å². The van der Waals surface area contributed by atoms with Crippen LogP contribution in [0.15, 0.2) is 29.6 Å². The summed E-state index contributed by atoms with van der Waals surface area (Å²) in [5.41, 5.74) is 0.688. The lowest BCUT2D eigenvalue weighted by Gasteiger charge is -2.07. The van der Waals surface area contributed by atoms with Crippen LogP contribution in [0.4, 0.5) is 4.39 Å². The van der Waals surface area contributed by atoms with E-state index < -0.39 is 11.8 Å². The molecule has 2 aromatic rings. The highest BCUT2D eigenvalue weighted by molar-refractivity contribution is 7.12. The monoisotopic (exact) mass is 277 g/mol. The van der Waals surface area contributed by atoms with Crippen LogP contribution in [-0.2, 0) is 6.61 Å². The van der Waals surface area contributed by atoms with Gasteiger partial charge in [-0.1, -0.05) is 0 Å². The normalized spacial score (nSPS) is 9.89. The molecule has 1 N–H and O–H groups in total. The van der Waals surface area contributed by atoms with E-state index in [0.29, 0.717) is 5.56 Å². The summed E-state index contributed by atoms with van der Waals surface area (Å²) in [7, 11) is 0. The fourth-order valence-electron chi connectivity index (χ4n) is 1.48. The van der Waals surface area contributed by atoms with E-state index in [1.165, 1.54) is 12.1 Å². The summed E-state index contributed by atoms with van der Waals surface area (Å²) in [6.45, 7) is -0.0338. The maximum Gasteiger partial charge on any atom is 0.346 e. The van der Waals surface area contributed by atoms with E-state index in [4.69, 9.17) is 15.1 Å². The van der Waals surface area contributed by atoms with Crippen LogP contribution in [0.1, 0.15) is 20.8 Å². The summed E-state index contributed by atoms with van der Waals surface area (Å²) >= 11 is 1.09. The molecule has 1 aromatic heterocycles. The van der Waals surface area contributed by atoms with Gasteiger partial charge in [-0.25, -0.2) is 9.18 Å². The van der Waals surface area contributed by atoms with Crippen LogP contribution in [0.2, 0.25) is 0 Å². The molecule has 1 heterocycles. The van der Waals surface area contributed by atoms with Gasteiger partial charge >= 0.3 is 5.97 Å². The number of carboxylic acids is 1. The van der Waals surface area contributed by atoms with Gasteiger partial charge in [0.1, 0.15) is 11.5 Å². The fourth-order valence-corrected chi connectivity index (χ4v) is 2.23. The SMILES string of the molecule is N#Cc1ccc(OCc2ccsc2C(=O)O)c(F)c1. The zero-order chi connectivity index (χ0) is 13.8. The molecule has 0 aliphatic rings. The van der Waals surface area contributed by atoms with Crippen LogP contribution in [-0.4, -0.2) is 11.1 Å². The van der Waals surface area contributed by atoms with E-state index >= 15 is 0 Å². The zero-order valence-electron chi connectivity index (χ0n) is 9.59. The van der Waals surface area contributed by atoms with Gasteiger partial charge in [0.05, 0.1) is 11.6 Å². The molecular formula is C13H8FNO3S. The van der Waals surface area contributed by atoms with Crippen LogP contribution in [0.5, 0.6) is 5.75 Å². The molecule has 0 aliphatic carbocycles. The lowest BCUT2D eigenvalue weighted by atomic mass is 10.2. The number of nitriles is 1. The second-order valence-corrected chi connectivity index (χ2v) is 4.54. The third kappa shape index (κ3) is 2.89. The Bertz CT molecular complexity index is 660. The maximum absolute atomic E-state index is 13.5. The Morgan fingerprint density at radius 3 is 2.89 bits per heavy atom.